The van der Waals surface area contributed by atoms with Crippen molar-refractivity contribution in [2.75, 3.05) is 26.2 Å². The molecule has 0 spiro atoms. The van der Waals surface area contributed by atoms with Crippen molar-refractivity contribution in [2.45, 2.75) is 17.9 Å². The molecule has 1 saturated heterocycles. The molecule has 5 nitrogen and oxygen atoms in total. The molecule has 136 valence electrons. The second-order valence-corrected chi connectivity index (χ2v) is 8.73. The molecule has 1 fully saturated rings. The van der Waals surface area contributed by atoms with E-state index in [1.54, 1.807) is 12.1 Å². The van der Waals surface area contributed by atoms with Crippen LogP contribution in [0.3, 0.4) is 0 Å². The molecule has 1 N–H and O–H groups in total. The van der Waals surface area contributed by atoms with E-state index in [2.05, 4.69) is 6.92 Å². The van der Waals surface area contributed by atoms with E-state index in [1.807, 2.05) is 30.3 Å². The van der Waals surface area contributed by atoms with E-state index in [9.17, 15) is 13.7 Å². The number of halogens is 1. The van der Waals surface area contributed by atoms with Gasteiger partial charge in [-0.25, -0.2) is 8.42 Å². The highest BCUT2D eigenvalue weighted by Gasteiger charge is 2.34. The van der Waals surface area contributed by atoms with Crippen molar-refractivity contribution in [2.24, 2.45) is 0 Å². The van der Waals surface area contributed by atoms with Gasteiger partial charge in [0.05, 0.1) is 36.6 Å². The summed E-state index contributed by atoms with van der Waals surface area (Å²) in [5, 5.41) is 9.94. The van der Waals surface area contributed by atoms with Gasteiger partial charge in [-0.2, -0.15) is 9.57 Å². The zero-order valence-electron chi connectivity index (χ0n) is 14.5. The molecule has 1 heterocycles. The Morgan fingerprint density at radius 2 is 1.73 bits per heavy atom. The zero-order valence-corrected chi connectivity index (χ0v) is 16.1. The Hall–Kier alpha value is -1.91. The van der Waals surface area contributed by atoms with Crippen LogP contribution in [0.5, 0.6) is 0 Å². The van der Waals surface area contributed by atoms with Crippen molar-refractivity contribution >= 4 is 21.6 Å². The Morgan fingerprint density at radius 1 is 1.12 bits per heavy atom. The number of quaternary nitrogens is 1. The Morgan fingerprint density at radius 3 is 2.38 bits per heavy atom. The Balaban J connectivity index is 1.74. The monoisotopic (exact) mass is 390 g/mol. The number of rotatable bonds is 4. The predicted molar refractivity (Wildman–Crippen MR) is 100 cm³/mol. The van der Waals surface area contributed by atoms with Crippen LogP contribution in [0, 0.1) is 11.3 Å². The fourth-order valence-corrected chi connectivity index (χ4v) is 5.30. The Kier molecular flexibility index (Phi) is 5.64. The maximum atomic E-state index is 12.9. The zero-order chi connectivity index (χ0) is 18.7. The summed E-state index contributed by atoms with van der Waals surface area (Å²) in [6.45, 7) is 4.35. The van der Waals surface area contributed by atoms with Crippen LogP contribution in [-0.4, -0.2) is 38.9 Å². The second-order valence-electron chi connectivity index (χ2n) is 6.41. The molecule has 0 bridgehead atoms. The van der Waals surface area contributed by atoms with Crippen LogP contribution in [0.4, 0.5) is 0 Å². The van der Waals surface area contributed by atoms with Gasteiger partial charge in [-0.05, 0) is 25.1 Å². The average molecular weight is 391 g/mol. The molecular weight excluding hydrogens is 370 g/mol. The van der Waals surface area contributed by atoms with Crippen LogP contribution >= 0.6 is 11.6 Å². The molecule has 7 heteroatoms. The predicted octanol–water partition coefficient (Wildman–Crippen LogP) is 1.86. The minimum absolute atomic E-state index is 0.0881. The summed E-state index contributed by atoms with van der Waals surface area (Å²) >= 11 is 6.30. The summed E-state index contributed by atoms with van der Waals surface area (Å²) in [4.78, 5) is 1.39. The van der Waals surface area contributed by atoms with Crippen molar-refractivity contribution in [3.05, 3.63) is 64.7 Å². The largest absolute Gasteiger partial charge is 0.327 e. The van der Waals surface area contributed by atoms with Crippen molar-refractivity contribution in [3.63, 3.8) is 0 Å². The van der Waals surface area contributed by atoms with Gasteiger partial charge in [0.2, 0.25) is 10.0 Å². The van der Waals surface area contributed by atoms with Crippen molar-refractivity contribution in [3.8, 4) is 6.07 Å². The maximum Gasteiger partial charge on any atom is 0.244 e. The number of piperazine rings is 1. The first-order valence-corrected chi connectivity index (χ1v) is 10.3. The van der Waals surface area contributed by atoms with Gasteiger partial charge in [-0.3, -0.25) is 0 Å². The molecule has 0 unspecified atom stereocenters. The molecule has 0 radical (unpaired) electrons. The van der Waals surface area contributed by atoms with Crippen molar-refractivity contribution in [1.29, 1.82) is 5.26 Å². The number of nitrogens with zero attached hydrogens (tertiary/aromatic N) is 2. The normalized spacial score (nSPS) is 17.6. The van der Waals surface area contributed by atoms with Crippen LogP contribution in [0.15, 0.2) is 53.4 Å². The first-order chi connectivity index (χ1) is 12.4. The second kappa shape index (κ2) is 7.77. The topological polar surface area (TPSA) is 65.6 Å². The van der Waals surface area contributed by atoms with Gasteiger partial charge in [0, 0.05) is 10.6 Å². The molecule has 1 aliphatic rings. The van der Waals surface area contributed by atoms with Gasteiger partial charge in [-0.15, -0.1) is 0 Å². The van der Waals surface area contributed by atoms with E-state index in [0.29, 0.717) is 26.2 Å². The molecule has 0 saturated carbocycles. The molecule has 0 aromatic heterocycles. The van der Waals surface area contributed by atoms with Crippen LogP contribution in [0.2, 0.25) is 5.02 Å². The summed E-state index contributed by atoms with van der Waals surface area (Å²) in [7, 11) is -3.66. The van der Waals surface area contributed by atoms with Crippen molar-refractivity contribution < 1.29 is 13.3 Å². The highest BCUT2D eigenvalue weighted by Crippen LogP contribution is 2.22. The van der Waals surface area contributed by atoms with Crippen LogP contribution in [0.25, 0.3) is 0 Å². The summed E-state index contributed by atoms with van der Waals surface area (Å²) in [5.41, 5.74) is 1.27. The molecule has 0 amide bonds. The first kappa shape index (κ1) is 18.9. The smallest absolute Gasteiger partial charge is 0.244 e. The molecule has 3 rings (SSSR count). The number of hydrogen-bond donors (Lipinski definition) is 1. The van der Waals surface area contributed by atoms with Crippen LogP contribution < -0.4 is 4.90 Å². The molecule has 1 aliphatic heterocycles. The van der Waals surface area contributed by atoms with Crippen LogP contribution in [0.1, 0.15) is 24.1 Å². The van der Waals surface area contributed by atoms with E-state index < -0.39 is 10.0 Å². The fraction of sp³-hybridized carbons (Fsp3) is 0.316. The third-order valence-electron chi connectivity index (χ3n) is 4.97. The molecule has 2 aromatic carbocycles. The minimum atomic E-state index is -3.66. The summed E-state index contributed by atoms with van der Waals surface area (Å²) in [5.74, 6) is 0. The quantitative estimate of drug-likeness (QED) is 0.866. The van der Waals surface area contributed by atoms with Gasteiger partial charge < -0.3 is 4.90 Å². The van der Waals surface area contributed by atoms with E-state index in [4.69, 9.17) is 11.6 Å². The number of nitriles is 1. The third kappa shape index (κ3) is 3.62. The molecule has 26 heavy (non-hydrogen) atoms. The lowest BCUT2D eigenvalue weighted by molar-refractivity contribution is -0.933. The lowest BCUT2D eigenvalue weighted by Crippen LogP contribution is -3.14. The Labute approximate surface area is 159 Å². The van der Waals surface area contributed by atoms with Gasteiger partial charge in [-0.1, -0.05) is 41.9 Å². The van der Waals surface area contributed by atoms with E-state index in [1.165, 1.54) is 21.3 Å². The van der Waals surface area contributed by atoms with E-state index >= 15 is 0 Å². The highest BCUT2D eigenvalue weighted by atomic mass is 35.5. The van der Waals surface area contributed by atoms with Gasteiger partial charge in [0.25, 0.3) is 0 Å². The van der Waals surface area contributed by atoms with Crippen LogP contribution in [-0.2, 0) is 10.0 Å². The summed E-state index contributed by atoms with van der Waals surface area (Å²) in [6.07, 6.45) is 0. The van der Waals surface area contributed by atoms with E-state index in [0.717, 1.165) is 10.6 Å². The van der Waals surface area contributed by atoms with Gasteiger partial charge in [0.1, 0.15) is 12.1 Å². The minimum Gasteiger partial charge on any atom is -0.327 e. The third-order valence-corrected chi connectivity index (χ3v) is 7.28. The highest BCUT2D eigenvalue weighted by molar-refractivity contribution is 7.89. The standard InChI is InChI=1S/C19H20ClN3O2S/c1-15(17-7-3-4-8-18(17)20)22-10-12-23(13-11-22)26(24,25)19-9-5-2-6-16(19)14-21/h2-9,15H,10-13H2,1H3/p+1/t15-/m1/s1. The fourth-order valence-electron chi connectivity index (χ4n) is 3.42. The Bertz CT molecular complexity index is 932. The van der Waals surface area contributed by atoms with Gasteiger partial charge >= 0.3 is 0 Å². The summed E-state index contributed by atoms with van der Waals surface area (Å²) in [6, 6.07) is 16.3. The number of nitrogens with one attached hydrogen (secondary N) is 1. The lowest BCUT2D eigenvalue weighted by atomic mass is 10.1. The van der Waals surface area contributed by atoms with Crippen molar-refractivity contribution in [1.82, 2.24) is 4.31 Å². The molecule has 2 aromatic rings. The average Bonchev–Trinajstić information content (AvgIpc) is 2.68. The number of sulfonamides is 1. The summed E-state index contributed by atoms with van der Waals surface area (Å²) < 4.78 is 27.3. The SMILES string of the molecule is C[C@H](c1ccccc1Cl)[NH+]1CCN(S(=O)(=O)c2ccccc2C#N)CC1. The maximum absolute atomic E-state index is 12.9. The first-order valence-electron chi connectivity index (χ1n) is 8.53. The lowest BCUT2D eigenvalue weighted by Gasteiger charge is -2.35. The van der Waals surface area contributed by atoms with Gasteiger partial charge in [0.15, 0.2) is 0 Å². The number of benzene rings is 2. The molecule has 1 atom stereocenters. The molecule has 0 aliphatic carbocycles. The van der Waals surface area contributed by atoms with E-state index in [-0.39, 0.29) is 16.5 Å². The molecular formula is C19H21ClN3O2S+. The number of hydrogen-bond acceptors (Lipinski definition) is 3.